The van der Waals surface area contributed by atoms with Gasteiger partial charge in [0, 0.05) is 19.1 Å². The van der Waals surface area contributed by atoms with Crippen molar-refractivity contribution in [1.29, 1.82) is 0 Å². The molecule has 1 amide bonds. The number of likely N-dealkylation sites (tertiary alicyclic amines) is 1. The number of benzene rings is 1. The van der Waals surface area contributed by atoms with Gasteiger partial charge in [0.25, 0.3) is 0 Å². The van der Waals surface area contributed by atoms with Crippen molar-refractivity contribution in [3.05, 3.63) is 35.9 Å². The highest BCUT2D eigenvalue weighted by molar-refractivity contribution is 5.85. The van der Waals surface area contributed by atoms with Crippen molar-refractivity contribution in [3.63, 3.8) is 0 Å². The summed E-state index contributed by atoms with van der Waals surface area (Å²) in [6.45, 7) is 1.64. The Hall–Kier alpha value is -0.810. The molecule has 1 fully saturated rings. The average molecular weight is 348 g/mol. The van der Waals surface area contributed by atoms with E-state index in [4.69, 9.17) is 5.73 Å². The van der Waals surface area contributed by atoms with Gasteiger partial charge in [-0.3, -0.25) is 4.79 Å². The van der Waals surface area contributed by atoms with Crippen molar-refractivity contribution in [2.45, 2.75) is 31.3 Å². The molecule has 1 saturated heterocycles. The molecule has 0 radical (unpaired) electrons. The van der Waals surface area contributed by atoms with Gasteiger partial charge in [-0.15, -0.1) is 24.8 Å². The molecule has 2 N–H and O–H groups in total. The van der Waals surface area contributed by atoms with Crippen LogP contribution in [0.2, 0.25) is 0 Å². The van der Waals surface area contributed by atoms with E-state index in [1.807, 2.05) is 35.2 Å². The van der Waals surface area contributed by atoms with Crippen molar-refractivity contribution >= 4 is 30.7 Å². The summed E-state index contributed by atoms with van der Waals surface area (Å²) in [5, 5.41) is 0. The Kier molecular flexibility index (Phi) is 9.69. The normalized spacial score (nSPS) is 19.1. The number of piperidine rings is 1. The van der Waals surface area contributed by atoms with Crippen molar-refractivity contribution in [3.8, 4) is 0 Å². The van der Waals surface area contributed by atoms with Crippen LogP contribution in [0.1, 0.15) is 18.4 Å². The summed E-state index contributed by atoms with van der Waals surface area (Å²) in [7, 11) is 4.14. The van der Waals surface area contributed by atoms with Gasteiger partial charge < -0.3 is 15.5 Å². The number of likely N-dealkylation sites (N-methyl/N-ethyl adjacent to an activating group) is 1. The number of carbonyl (C=O) groups is 1. The van der Waals surface area contributed by atoms with E-state index in [-0.39, 0.29) is 30.7 Å². The Balaban J connectivity index is 0.00000220. The fourth-order valence-electron chi connectivity index (χ4n) is 2.77. The summed E-state index contributed by atoms with van der Waals surface area (Å²) >= 11 is 0. The lowest BCUT2D eigenvalue weighted by Crippen LogP contribution is -2.52. The summed E-state index contributed by atoms with van der Waals surface area (Å²) in [4.78, 5) is 16.6. The second-order valence-electron chi connectivity index (χ2n) is 5.84. The van der Waals surface area contributed by atoms with Crippen LogP contribution in [0, 0.1) is 0 Å². The molecule has 0 saturated carbocycles. The number of nitrogens with two attached hydrogens (primary N) is 1. The zero-order valence-electron chi connectivity index (χ0n) is 13.3. The summed E-state index contributed by atoms with van der Waals surface area (Å²) in [6, 6.07) is 10.0. The van der Waals surface area contributed by atoms with Crippen LogP contribution in [0.25, 0.3) is 0 Å². The predicted octanol–water partition coefficient (Wildman–Crippen LogP) is 1.95. The minimum Gasteiger partial charge on any atom is -0.340 e. The topological polar surface area (TPSA) is 49.6 Å². The van der Waals surface area contributed by atoms with Crippen LogP contribution in [0.5, 0.6) is 0 Å². The van der Waals surface area contributed by atoms with Crippen LogP contribution in [0.15, 0.2) is 30.3 Å². The van der Waals surface area contributed by atoms with Gasteiger partial charge in [-0.2, -0.15) is 0 Å². The summed E-state index contributed by atoms with van der Waals surface area (Å²) < 4.78 is 0. The van der Waals surface area contributed by atoms with Crippen LogP contribution in [-0.4, -0.2) is 55.0 Å². The zero-order valence-corrected chi connectivity index (χ0v) is 14.9. The second kappa shape index (κ2) is 10.1. The first-order chi connectivity index (χ1) is 9.58. The third-order valence-electron chi connectivity index (χ3n) is 4.05. The van der Waals surface area contributed by atoms with Gasteiger partial charge in [0.2, 0.25) is 5.91 Å². The van der Waals surface area contributed by atoms with Crippen LogP contribution < -0.4 is 5.73 Å². The number of halogens is 2. The minimum atomic E-state index is -0.432. The van der Waals surface area contributed by atoms with Crippen molar-refractivity contribution in [2.75, 3.05) is 27.2 Å². The fourth-order valence-corrected chi connectivity index (χ4v) is 2.77. The predicted molar refractivity (Wildman–Crippen MR) is 95.9 cm³/mol. The molecule has 2 atom stereocenters. The Morgan fingerprint density at radius 3 is 2.55 bits per heavy atom. The number of hydrogen-bond acceptors (Lipinski definition) is 3. The van der Waals surface area contributed by atoms with Gasteiger partial charge in [-0.25, -0.2) is 0 Å². The first-order valence-corrected chi connectivity index (χ1v) is 7.32. The van der Waals surface area contributed by atoms with Crippen molar-refractivity contribution in [1.82, 2.24) is 9.80 Å². The summed E-state index contributed by atoms with van der Waals surface area (Å²) in [5.41, 5.74) is 7.22. The molecule has 0 aliphatic carbocycles. The molecule has 0 bridgehead atoms. The number of amides is 1. The first-order valence-electron chi connectivity index (χ1n) is 7.32. The van der Waals surface area contributed by atoms with Crippen LogP contribution in [0.3, 0.4) is 0 Å². The van der Waals surface area contributed by atoms with Gasteiger partial charge in [0.05, 0.1) is 6.04 Å². The molecular weight excluding hydrogens is 321 g/mol. The highest BCUT2D eigenvalue weighted by Gasteiger charge is 2.27. The number of carbonyl (C=O) groups excluding carboxylic acids is 1. The maximum atomic E-state index is 12.5. The first kappa shape index (κ1) is 21.2. The van der Waals surface area contributed by atoms with Crippen LogP contribution in [0.4, 0.5) is 0 Å². The third kappa shape index (κ3) is 5.76. The van der Waals surface area contributed by atoms with Crippen molar-refractivity contribution in [2.24, 2.45) is 5.73 Å². The fraction of sp³-hybridized carbons (Fsp3) is 0.562. The van der Waals surface area contributed by atoms with E-state index in [0.717, 1.165) is 31.5 Å². The van der Waals surface area contributed by atoms with Gasteiger partial charge >= 0.3 is 0 Å². The molecule has 1 heterocycles. The lowest BCUT2D eigenvalue weighted by atomic mass is 10.0. The molecule has 1 aromatic rings. The average Bonchev–Trinajstić information content (AvgIpc) is 2.47. The Morgan fingerprint density at radius 2 is 1.95 bits per heavy atom. The molecule has 2 unspecified atom stereocenters. The van der Waals surface area contributed by atoms with E-state index in [1.165, 1.54) is 0 Å². The number of rotatable bonds is 4. The van der Waals surface area contributed by atoms with Crippen molar-refractivity contribution < 1.29 is 4.79 Å². The van der Waals surface area contributed by atoms with E-state index in [9.17, 15) is 4.79 Å². The maximum absolute atomic E-state index is 12.5. The maximum Gasteiger partial charge on any atom is 0.239 e. The Morgan fingerprint density at radius 1 is 1.32 bits per heavy atom. The molecule has 0 spiro atoms. The molecule has 22 heavy (non-hydrogen) atoms. The van der Waals surface area contributed by atoms with Crippen LogP contribution in [-0.2, 0) is 11.2 Å². The molecule has 1 aromatic carbocycles. The molecule has 126 valence electrons. The van der Waals surface area contributed by atoms with E-state index in [1.54, 1.807) is 0 Å². The largest absolute Gasteiger partial charge is 0.340 e. The van der Waals surface area contributed by atoms with E-state index >= 15 is 0 Å². The lowest BCUT2D eigenvalue weighted by molar-refractivity contribution is -0.134. The molecule has 2 rings (SSSR count). The SMILES string of the molecule is CN(C)C1CCCN(C(=O)C(N)Cc2ccccc2)C1.Cl.Cl. The molecule has 1 aliphatic heterocycles. The highest BCUT2D eigenvalue weighted by atomic mass is 35.5. The lowest BCUT2D eigenvalue weighted by Gasteiger charge is -2.37. The van der Waals surface area contributed by atoms with Gasteiger partial charge in [-0.05, 0) is 38.9 Å². The zero-order chi connectivity index (χ0) is 14.5. The van der Waals surface area contributed by atoms with Gasteiger partial charge in [-0.1, -0.05) is 30.3 Å². The quantitative estimate of drug-likeness (QED) is 0.905. The standard InChI is InChI=1S/C16H25N3O.2ClH/c1-18(2)14-9-6-10-19(12-14)16(20)15(17)11-13-7-4-3-5-8-13;;/h3-5,7-8,14-15H,6,9-12,17H2,1-2H3;2*1H. The minimum absolute atomic E-state index is 0. The Labute approximate surface area is 145 Å². The molecule has 6 heteroatoms. The van der Waals surface area contributed by atoms with E-state index < -0.39 is 6.04 Å². The summed E-state index contributed by atoms with van der Waals surface area (Å²) in [5.74, 6) is 0.0837. The molecule has 0 aromatic heterocycles. The second-order valence-corrected chi connectivity index (χ2v) is 5.84. The molecule has 1 aliphatic rings. The highest BCUT2D eigenvalue weighted by Crippen LogP contribution is 2.15. The van der Waals surface area contributed by atoms with Gasteiger partial charge in [0.1, 0.15) is 0 Å². The summed E-state index contributed by atoms with van der Waals surface area (Å²) in [6.07, 6.45) is 2.83. The smallest absolute Gasteiger partial charge is 0.239 e. The monoisotopic (exact) mass is 347 g/mol. The van der Waals surface area contributed by atoms with Gasteiger partial charge in [0.15, 0.2) is 0 Å². The van der Waals surface area contributed by atoms with Crippen LogP contribution >= 0.6 is 24.8 Å². The number of nitrogens with zero attached hydrogens (tertiary/aromatic N) is 2. The van der Waals surface area contributed by atoms with E-state index in [0.29, 0.717) is 12.5 Å². The number of hydrogen-bond donors (Lipinski definition) is 1. The molecule has 4 nitrogen and oxygen atoms in total. The Bertz CT molecular complexity index is 442. The third-order valence-corrected chi connectivity index (χ3v) is 4.05. The molecular formula is C16H27Cl2N3O. The van der Waals surface area contributed by atoms with E-state index in [2.05, 4.69) is 19.0 Å².